The molecule has 1 saturated heterocycles. The van der Waals surface area contributed by atoms with Gasteiger partial charge in [0.05, 0.1) is 24.7 Å². The number of hydrogen-bond donors (Lipinski definition) is 0. The smallest absolute Gasteiger partial charge is 0.293 e. The number of amides is 1. The molecule has 1 amide bonds. The van der Waals surface area contributed by atoms with Crippen molar-refractivity contribution in [3.63, 3.8) is 0 Å². The summed E-state index contributed by atoms with van der Waals surface area (Å²) >= 11 is 0. The molecule has 1 aliphatic heterocycles. The maximum absolute atomic E-state index is 12.9. The van der Waals surface area contributed by atoms with Crippen LogP contribution in [0.1, 0.15) is 10.4 Å². The Hall–Kier alpha value is -3.20. The van der Waals surface area contributed by atoms with Crippen LogP contribution in [0.15, 0.2) is 42.5 Å². The summed E-state index contributed by atoms with van der Waals surface area (Å²) in [5.74, 6) is -0.0807. The Morgan fingerprint density at radius 2 is 1.93 bits per heavy atom. The lowest BCUT2D eigenvalue weighted by molar-refractivity contribution is -0.384. The zero-order chi connectivity index (χ0) is 20.8. The molecule has 1 heterocycles. The van der Waals surface area contributed by atoms with E-state index in [9.17, 15) is 19.3 Å². The van der Waals surface area contributed by atoms with Crippen LogP contribution < -0.4 is 9.64 Å². The van der Waals surface area contributed by atoms with Crippen molar-refractivity contribution in [2.24, 2.45) is 0 Å². The molecule has 0 aromatic heterocycles. The molecule has 9 heteroatoms. The molecule has 0 N–H and O–H groups in total. The van der Waals surface area contributed by atoms with Gasteiger partial charge in [0.25, 0.3) is 11.6 Å². The summed E-state index contributed by atoms with van der Waals surface area (Å²) < 4.78 is 23.7. The van der Waals surface area contributed by atoms with Gasteiger partial charge in [-0.05, 0) is 36.4 Å². The monoisotopic (exact) mass is 403 g/mol. The summed E-state index contributed by atoms with van der Waals surface area (Å²) in [6.07, 6.45) is 0. The van der Waals surface area contributed by atoms with Crippen molar-refractivity contribution < 1.29 is 23.6 Å². The van der Waals surface area contributed by atoms with Crippen LogP contribution in [0.5, 0.6) is 5.75 Å². The van der Waals surface area contributed by atoms with Crippen molar-refractivity contribution in [1.29, 1.82) is 0 Å². The van der Waals surface area contributed by atoms with Gasteiger partial charge in [0.2, 0.25) is 0 Å². The number of halogens is 1. The SMILES string of the molecule is CN(CCOc1ccc(F)cc1)c1ccc(C(=O)N2CCOCC2)cc1[N+](=O)[O-]. The highest BCUT2D eigenvalue weighted by atomic mass is 19.1. The van der Waals surface area contributed by atoms with Crippen LogP contribution >= 0.6 is 0 Å². The molecular formula is C20H22FN3O5. The third-order valence-electron chi connectivity index (χ3n) is 4.64. The Morgan fingerprint density at radius 1 is 1.24 bits per heavy atom. The molecule has 2 aromatic carbocycles. The first-order chi connectivity index (χ1) is 14.0. The van der Waals surface area contributed by atoms with Crippen LogP contribution in [-0.2, 0) is 4.74 Å². The average Bonchev–Trinajstić information content (AvgIpc) is 2.74. The molecule has 0 aliphatic carbocycles. The maximum Gasteiger partial charge on any atom is 0.293 e. The summed E-state index contributed by atoms with van der Waals surface area (Å²) in [7, 11) is 1.71. The van der Waals surface area contributed by atoms with Gasteiger partial charge in [0.1, 0.15) is 23.9 Å². The van der Waals surface area contributed by atoms with Crippen molar-refractivity contribution in [3.05, 3.63) is 64.0 Å². The largest absolute Gasteiger partial charge is 0.492 e. The molecule has 3 rings (SSSR count). The highest BCUT2D eigenvalue weighted by Crippen LogP contribution is 2.29. The number of likely N-dealkylation sites (N-methyl/N-ethyl adjacent to an activating group) is 1. The van der Waals surface area contributed by atoms with Gasteiger partial charge < -0.3 is 19.3 Å². The number of carbonyl (C=O) groups is 1. The standard InChI is InChI=1S/C20H22FN3O5/c1-22(8-13-29-17-5-3-16(21)4-6-17)18-7-2-15(14-19(18)24(26)27)20(25)23-9-11-28-12-10-23/h2-7,14H,8-13H2,1H3. The van der Waals surface area contributed by atoms with E-state index < -0.39 is 4.92 Å². The summed E-state index contributed by atoms with van der Waals surface area (Å²) in [4.78, 5) is 27.0. The third kappa shape index (κ3) is 5.20. The second-order valence-corrected chi connectivity index (χ2v) is 6.59. The van der Waals surface area contributed by atoms with E-state index in [2.05, 4.69) is 0 Å². The topological polar surface area (TPSA) is 85.2 Å². The fourth-order valence-corrected chi connectivity index (χ4v) is 3.03. The van der Waals surface area contributed by atoms with Crippen molar-refractivity contribution in [1.82, 2.24) is 4.90 Å². The summed E-state index contributed by atoms with van der Waals surface area (Å²) in [6.45, 7) is 2.48. The number of nitrogens with zero attached hydrogens (tertiary/aromatic N) is 3. The van der Waals surface area contributed by atoms with E-state index in [4.69, 9.17) is 9.47 Å². The quantitative estimate of drug-likeness (QED) is 0.522. The molecule has 0 bridgehead atoms. The van der Waals surface area contributed by atoms with E-state index >= 15 is 0 Å². The van der Waals surface area contributed by atoms with E-state index in [0.29, 0.717) is 44.3 Å². The molecule has 0 saturated carbocycles. The number of hydrogen-bond acceptors (Lipinski definition) is 6. The zero-order valence-corrected chi connectivity index (χ0v) is 16.0. The van der Waals surface area contributed by atoms with Crippen LogP contribution in [-0.4, -0.2) is 62.2 Å². The molecule has 154 valence electrons. The van der Waals surface area contributed by atoms with E-state index in [1.807, 2.05) is 0 Å². The van der Waals surface area contributed by atoms with Gasteiger partial charge in [-0.3, -0.25) is 14.9 Å². The number of morpholine rings is 1. The number of anilines is 1. The molecule has 0 spiro atoms. The maximum atomic E-state index is 12.9. The Balaban J connectivity index is 1.68. The van der Waals surface area contributed by atoms with E-state index in [1.54, 1.807) is 29.0 Å². The van der Waals surface area contributed by atoms with Crippen molar-refractivity contribution in [2.75, 3.05) is 51.4 Å². The molecule has 2 aromatic rings. The van der Waals surface area contributed by atoms with Crippen molar-refractivity contribution in [2.45, 2.75) is 0 Å². The third-order valence-corrected chi connectivity index (χ3v) is 4.64. The minimum absolute atomic E-state index is 0.145. The Labute approximate surface area is 167 Å². The summed E-state index contributed by atoms with van der Waals surface area (Å²) in [5, 5.41) is 11.6. The molecule has 1 fully saturated rings. The first kappa shape index (κ1) is 20.5. The van der Waals surface area contributed by atoms with E-state index in [0.717, 1.165) is 0 Å². The molecule has 0 atom stereocenters. The normalized spacial score (nSPS) is 13.8. The van der Waals surface area contributed by atoms with Gasteiger partial charge in [-0.1, -0.05) is 0 Å². The highest BCUT2D eigenvalue weighted by Gasteiger charge is 2.24. The van der Waals surface area contributed by atoms with Gasteiger partial charge >= 0.3 is 0 Å². The van der Waals surface area contributed by atoms with E-state index in [1.165, 1.54) is 30.3 Å². The number of nitro benzene ring substituents is 1. The molecular weight excluding hydrogens is 381 g/mol. The fraction of sp³-hybridized carbons (Fsp3) is 0.350. The second kappa shape index (κ2) is 9.33. The molecule has 1 aliphatic rings. The lowest BCUT2D eigenvalue weighted by Gasteiger charge is -2.27. The molecule has 8 nitrogen and oxygen atoms in total. The average molecular weight is 403 g/mol. The number of carbonyl (C=O) groups excluding carboxylic acids is 1. The van der Waals surface area contributed by atoms with Crippen LogP contribution in [0.25, 0.3) is 0 Å². The van der Waals surface area contributed by atoms with Crippen molar-refractivity contribution in [3.8, 4) is 5.75 Å². The lowest BCUT2D eigenvalue weighted by Crippen LogP contribution is -2.40. The number of benzene rings is 2. The zero-order valence-electron chi connectivity index (χ0n) is 16.0. The Bertz CT molecular complexity index is 869. The van der Waals surface area contributed by atoms with Gasteiger partial charge in [-0.25, -0.2) is 4.39 Å². The molecule has 29 heavy (non-hydrogen) atoms. The van der Waals surface area contributed by atoms with E-state index in [-0.39, 0.29) is 29.6 Å². The lowest BCUT2D eigenvalue weighted by atomic mass is 10.1. The number of ether oxygens (including phenoxy) is 2. The Morgan fingerprint density at radius 3 is 2.59 bits per heavy atom. The fourth-order valence-electron chi connectivity index (χ4n) is 3.03. The summed E-state index contributed by atoms with van der Waals surface area (Å²) in [6, 6.07) is 10.1. The van der Waals surface area contributed by atoms with Gasteiger partial charge in [-0.2, -0.15) is 0 Å². The van der Waals surface area contributed by atoms with Gasteiger partial charge in [0, 0.05) is 31.8 Å². The highest BCUT2D eigenvalue weighted by molar-refractivity contribution is 5.95. The van der Waals surface area contributed by atoms with Crippen LogP contribution in [0.2, 0.25) is 0 Å². The predicted octanol–water partition coefficient (Wildman–Crippen LogP) is 2.72. The van der Waals surface area contributed by atoms with Gasteiger partial charge in [0.15, 0.2) is 0 Å². The van der Waals surface area contributed by atoms with Crippen LogP contribution in [0.3, 0.4) is 0 Å². The Kier molecular flexibility index (Phi) is 6.61. The van der Waals surface area contributed by atoms with Crippen LogP contribution in [0.4, 0.5) is 15.8 Å². The van der Waals surface area contributed by atoms with Gasteiger partial charge in [-0.15, -0.1) is 0 Å². The van der Waals surface area contributed by atoms with Crippen LogP contribution in [0, 0.1) is 15.9 Å². The molecule has 0 radical (unpaired) electrons. The number of rotatable bonds is 7. The first-order valence-corrected chi connectivity index (χ1v) is 9.20. The van der Waals surface area contributed by atoms with Crippen molar-refractivity contribution >= 4 is 17.3 Å². The first-order valence-electron chi connectivity index (χ1n) is 9.20. The second-order valence-electron chi connectivity index (χ2n) is 6.59. The summed E-state index contributed by atoms with van der Waals surface area (Å²) in [5.41, 5.74) is 0.517. The predicted molar refractivity (Wildman–Crippen MR) is 105 cm³/mol. The molecule has 0 unspecified atom stereocenters. The number of nitro groups is 1. The minimum atomic E-state index is -0.497. The minimum Gasteiger partial charge on any atom is -0.492 e.